The van der Waals surface area contributed by atoms with Crippen LogP contribution < -0.4 is 15.5 Å². The Kier molecular flexibility index (Phi) is 6.06. The van der Waals surface area contributed by atoms with Gasteiger partial charge in [0.15, 0.2) is 5.17 Å². The summed E-state index contributed by atoms with van der Waals surface area (Å²) in [5.41, 5.74) is 3.55. The zero-order valence-corrected chi connectivity index (χ0v) is 19.3. The van der Waals surface area contributed by atoms with E-state index in [2.05, 4.69) is 37.6 Å². The molecule has 1 fully saturated rings. The average molecular weight is 484 g/mol. The zero-order chi connectivity index (χ0) is 22.1. The van der Waals surface area contributed by atoms with Crippen LogP contribution in [0.1, 0.15) is 5.56 Å². The van der Waals surface area contributed by atoms with E-state index in [4.69, 9.17) is 23.2 Å². The van der Waals surface area contributed by atoms with Gasteiger partial charge in [-0.05, 0) is 53.7 Å². The van der Waals surface area contributed by atoms with Crippen molar-refractivity contribution < 1.29 is 4.79 Å². The SMILES string of the molecule is O=C1N=C(Nc2c(Cl)cccc2Cl)S/C1=C\c1ccc2nccc(N3CCNCC3)c2c1. The van der Waals surface area contributed by atoms with Gasteiger partial charge >= 0.3 is 0 Å². The van der Waals surface area contributed by atoms with E-state index in [-0.39, 0.29) is 5.91 Å². The van der Waals surface area contributed by atoms with E-state index < -0.39 is 0 Å². The number of nitrogens with one attached hydrogen (secondary N) is 2. The molecule has 2 N–H and O–H groups in total. The van der Waals surface area contributed by atoms with Gasteiger partial charge in [0.05, 0.1) is 26.2 Å². The van der Waals surface area contributed by atoms with Crippen LogP contribution in [0.3, 0.4) is 0 Å². The molecular weight excluding hydrogens is 465 g/mol. The van der Waals surface area contributed by atoms with E-state index in [0.29, 0.717) is 25.8 Å². The number of amidine groups is 1. The average Bonchev–Trinajstić information content (AvgIpc) is 3.15. The number of aromatic nitrogens is 1. The number of rotatable bonds is 3. The predicted molar refractivity (Wildman–Crippen MR) is 135 cm³/mol. The molecule has 1 amide bonds. The summed E-state index contributed by atoms with van der Waals surface area (Å²) < 4.78 is 0. The van der Waals surface area contributed by atoms with Gasteiger partial charge in [-0.2, -0.15) is 4.99 Å². The van der Waals surface area contributed by atoms with Crippen molar-refractivity contribution in [2.75, 3.05) is 36.4 Å². The molecule has 0 radical (unpaired) electrons. The maximum atomic E-state index is 12.5. The van der Waals surface area contributed by atoms with Crippen LogP contribution in [0.25, 0.3) is 17.0 Å². The summed E-state index contributed by atoms with van der Waals surface area (Å²) in [4.78, 5) is 24.0. The number of halogens is 2. The van der Waals surface area contributed by atoms with Gasteiger partial charge in [0.25, 0.3) is 5.91 Å². The number of anilines is 2. The lowest BCUT2D eigenvalue weighted by atomic mass is 10.1. The van der Waals surface area contributed by atoms with Crippen LogP contribution >= 0.6 is 35.0 Å². The van der Waals surface area contributed by atoms with Crippen LogP contribution in [0.15, 0.2) is 58.6 Å². The van der Waals surface area contributed by atoms with Gasteiger partial charge in [0.1, 0.15) is 0 Å². The molecule has 9 heteroatoms. The van der Waals surface area contributed by atoms with Crippen molar-refractivity contribution in [3.05, 3.63) is 69.2 Å². The molecule has 5 rings (SSSR count). The number of carbonyl (C=O) groups excluding carboxylic acids is 1. The summed E-state index contributed by atoms with van der Waals surface area (Å²) in [6, 6.07) is 13.3. The summed E-state index contributed by atoms with van der Waals surface area (Å²) >= 11 is 13.7. The Morgan fingerprint density at radius 2 is 1.88 bits per heavy atom. The number of thioether (sulfide) groups is 1. The fraction of sp³-hybridized carbons (Fsp3) is 0.174. The number of hydrogen-bond acceptors (Lipinski definition) is 6. The monoisotopic (exact) mass is 483 g/mol. The number of fused-ring (bicyclic) bond motifs is 1. The number of pyridine rings is 1. The van der Waals surface area contributed by atoms with Gasteiger partial charge in [-0.25, -0.2) is 0 Å². The van der Waals surface area contributed by atoms with Crippen LogP contribution in [-0.4, -0.2) is 42.2 Å². The Labute approximate surface area is 199 Å². The fourth-order valence-corrected chi connectivity index (χ4v) is 5.07. The maximum Gasteiger partial charge on any atom is 0.286 e. The van der Waals surface area contributed by atoms with Crippen LogP contribution in [0, 0.1) is 0 Å². The van der Waals surface area contributed by atoms with E-state index >= 15 is 0 Å². The van der Waals surface area contributed by atoms with Crippen molar-refractivity contribution in [3.8, 4) is 0 Å². The molecule has 32 heavy (non-hydrogen) atoms. The second-order valence-electron chi connectivity index (χ2n) is 7.40. The molecule has 0 unspecified atom stereocenters. The molecule has 3 heterocycles. The van der Waals surface area contributed by atoms with Crippen molar-refractivity contribution >= 4 is 74.4 Å². The molecule has 2 aliphatic rings. The Bertz CT molecular complexity index is 1250. The maximum absolute atomic E-state index is 12.5. The molecule has 0 spiro atoms. The molecular formula is C23H19Cl2N5OS. The number of benzene rings is 2. The van der Waals surface area contributed by atoms with Gasteiger partial charge in [-0.1, -0.05) is 35.3 Å². The molecule has 0 bridgehead atoms. The van der Waals surface area contributed by atoms with E-state index in [1.54, 1.807) is 18.2 Å². The number of piperazine rings is 1. The van der Waals surface area contributed by atoms with E-state index in [1.165, 1.54) is 11.8 Å². The highest BCUT2D eigenvalue weighted by atomic mass is 35.5. The van der Waals surface area contributed by atoms with Crippen molar-refractivity contribution in [3.63, 3.8) is 0 Å². The summed E-state index contributed by atoms with van der Waals surface area (Å²) in [5.74, 6) is -0.297. The van der Waals surface area contributed by atoms with Crippen molar-refractivity contribution in [1.29, 1.82) is 0 Å². The van der Waals surface area contributed by atoms with Crippen molar-refractivity contribution in [2.24, 2.45) is 4.99 Å². The minimum absolute atomic E-state index is 0.297. The van der Waals surface area contributed by atoms with Crippen LogP contribution in [0.4, 0.5) is 11.4 Å². The number of para-hydroxylation sites is 1. The molecule has 2 aromatic carbocycles. The Hall–Kier alpha value is -2.58. The number of nitrogens with zero attached hydrogens (tertiary/aromatic N) is 3. The van der Waals surface area contributed by atoms with Gasteiger partial charge in [-0.15, -0.1) is 0 Å². The lowest BCUT2D eigenvalue weighted by Gasteiger charge is -2.30. The number of amides is 1. The molecule has 2 aliphatic heterocycles. The van der Waals surface area contributed by atoms with Gasteiger partial charge in [0, 0.05) is 43.4 Å². The zero-order valence-electron chi connectivity index (χ0n) is 16.9. The molecule has 0 atom stereocenters. The third kappa shape index (κ3) is 4.34. The quantitative estimate of drug-likeness (QED) is 0.508. The first kappa shape index (κ1) is 21.3. The second kappa shape index (κ2) is 9.11. The largest absolute Gasteiger partial charge is 0.368 e. The Balaban J connectivity index is 1.41. The van der Waals surface area contributed by atoms with Gasteiger partial charge in [-0.3, -0.25) is 9.78 Å². The minimum Gasteiger partial charge on any atom is -0.368 e. The van der Waals surface area contributed by atoms with Crippen LogP contribution in [0.5, 0.6) is 0 Å². The third-order valence-corrected chi connectivity index (χ3v) is 6.84. The molecule has 3 aromatic rings. The minimum atomic E-state index is -0.297. The normalized spacial score (nSPS) is 17.8. The number of aliphatic imine (C=N–C) groups is 1. The molecule has 1 saturated heterocycles. The smallest absolute Gasteiger partial charge is 0.286 e. The standard InChI is InChI=1S/C23H19Cl2N5OS/c24-16-2-1-3-17(25)21(16)28-23-29-22(31)20(32-23)13-14-4-5-18-15(12-14)19(6-7-27-18)30-10-8-26-9-11-30/h1-7,12-13,26H,8-11H2,(H,28,29,31)/b20-13-. The van der Waals surface area contributed by atoms with Crippen molar-refractivity contribution in [1.82, 2.24) is 10.3 Å². The highest BCUT2D eigenvalue weighted by molar-refractivity contribution is 8.18. The van der Waals surface area contributed by atoms with Gasteiger partial charge in [0.2, 0.25) is 0 Å². The first-order valence-corrected chi connectivity index (χ1v) is 11.7. The Morgan fingerprint density at radius 1 is 1.09 bits per heavy atom. The summed E-state index contributed by atoms with van der Waals surface area (Å²) in [5, 5.41) is 8.90. The second-order valence-corrected chi connectivity index (χ2v) is 9.24. The fourth-order valence-electron chi connectivity index (χ4n) is 3.76. The molecule has 1 aromatic heterocycles. The van der Waals surface area contributed by atoms with Crippen LogP contribution in [-0.2, 0) is 4.79 Å². The molecule has 0 saturated carbocycles. The number of hydrogen-bond donors (Lipinski definition) is 2. The highest BCUT2D eigenvalue weighted by Crippen LogP contribution is 2.35. The van der Waals surface area contributed by atoms with E-state index in [9.17, 15) is 4.79 Å². The van der Waals surface area contributed by atoms with E-state index in [0.717, 1.165) is 48.3 Å². The molecule has 6 nitrogen and oxygen atoms in total. The van der Waals surface area contributed by atoms with Gasteiger partial charge < -0.3 is 15.5 Å². The first-order chi connectivity index (χ1) is 15.6. The van der Waals surface area contributed by atoms with Crippen LogP contribution in [0.2, 0.25) is 10.0 Å². The predicted octanol–water partition coefficient (Wildman–Crippen LogP) is 5.03. The van der Waals surface area contributed by atoms with E-state index in [1.807, 2.05) is 24.4 Å². The summed E-state index contributed by atoms with van der Waals surface area (Å²) in [7, 11) is 0. The summed E-state index contributed by atoms with van der Waals surface area (Å²) in [6.45, 7) is 3.82. The topological polar surface area (TPSA) is 69.6 Å². The first-order valence-electron chi connectivity index (χ1n) is 10.2. The third-order valence-electron chi connectivity index (χ3n) is 5.31. The molecule has 0 aliphatic carbocycles. The summed E-state index contributed by atoms with van der Waals surface area (Å²) in [6.07, 6.45) is 3.70. The van der Waals surface area contributed by atoms with Crippen molar-refractivity contribution in [2.45, 2.75) is 0 Å². The lowest BCUT2D eigenvalue weighted by Crippen LogP contribution is -2.43. The lowest BCUT2D eigenvalue weighted by molar-refractivity contribution is -0.113. The number of carbonyl (C=O) groups is 1. The Morgan fingerprint density at radius 3 is 2.66 bits per heavy atom. The highest BCUT2D eigenvalue weighted by Gasteiger charge is 2.23. The molecule has 162 valence electrons.